The molecule has 1 aliphatic rings. The number of nitrogens with one attached hydrogen (secondary N) is 1. The van der Waals surface area contributed by atoms with Crippen LogP contribution in [0.3, 0.4) is 0 Å². The van der Waals surface area contributed by atoms with Gasteiger partial charge >= 0.3 is 0 Å². The smallest absolute Gasteiger partial charge is 0.151 e. The molecule has 1 aliphatic heterocycles. The van der Waals surface area contributed by atoms with Crippen LogP contribution in [0.1, 0.15) is 12.2 Å². The monoisotopic (exact) mass is 241 g/mol. The van der Waals surface area contributed by atoms with Crippen LogP contribution in [0.15, 0.2) is 28.9 Å². The van der Waals surface area contributed by atoms with Crippen LogP contribution in [0, 0.1) is 0 Å². The van der Waals surface area contributed by atoms with Gasteiger partial charge in [0, 0.05) is 12.6 Å². The van der Waals surface area contributed by atoms with E-state index in [0.29, 0.717) is 12.3 Å². The second-order valence-electron chi connectivity index (χ2n) is 3.93. The molecule has 16 heavy (non-hydrogen) atoms. The van der Waals surface area contributed by atoms with E-state index < -0.39 is 9.84 Å². The Bertz CT molecular complexity index is 448. The highest BCUT2D eigenvalue weighted by Gasteiger charge is 2.26. The van der Waals surface area contributed by atoms with Gasteiger partial charge in [-0.05, 0) is 24.6 Å². The second kappa shape index (κ2) is 4.84. The van der Waals surface area contributed by atoms with E-state index in [1.165, 1.54) is 0 Å². The van der Waals surface area contributed by atoms with Gasteiger partial charge in [-0.2, -0.15) is 0 Å². The maximum atomic E-state index is 11.2. The SMILES string of the molecule is O=S1(=O)CCC(NC/C=C/c2ccco2)C1. The Labute approximate surface area is 95.3 Å². The summed E-state index contributed by atoms with van der Waals surface area (Å²) in [5.74, 6) is 1.38. The molecule has 0 aliphatic carbocycles. The van der Waals surface area contributed by atoms with Crippen molar-refractivity contribution < 1.29 is 12.8 Å². The van der Waals surface area contributed by atoms with Crippen LogP contribution in [0.4, 0.5) is 0 Å². The molecule has 0 amide bonds. The number of hydrogen-bond acceptors (Lipinski definition) is 4. The molecule has 1 fully saturated rings. The van der Waals surface area contributed by atoms with E-state index in [-0.39, 0.29) is 11.8 Å². The normalized spacial score (nSPS) is 24.1. The van der Waals surface area contributed by atoms with Crippen LogP contribution in [0.25, 0.3) is 6.08 Å². The Morgan fingerprint density at radius 3 is 3.06 bits per heavy atom. The summed E-state index contributed by atoms with van der Waals surface area (Å²) in [7, 11) is -2.78. The molecule has 2 heterocycles. The molecule has 1 saturated heterocycles. The van der Waals surface area contributed by atoms with Crippen molar-refractivity contribution in [1.82, 2.24) is 5.32 Å². The van der Waals surface area contributed by atoms with Crippen LogP contribution in [-0.4, -0.2) is 32.5 Å². The zero-order valence-corrected chi connectivity index (χ0v) is 9.74. The summed E-state index contributed by atoms with van der Waals surface area (Å²) in [4.78, 5) is 0. The van der Waals surface area contributed by atoms with E-state index in [4.69, 9.17) is 4.42 Å². The van der Waals surface area contributed by atoms with Crippen molar-refractivity contribution in [3.8, 4) is 0 Å². The minimum atomic E-state index is -2.78. The maximum Gasteiger partial charge on any atom is 0.151 e. The number of furan rings is 1. The summed E-state index contributed by atoms with van der Waals surface area (Å²) in [6.07, 6.45) is 6.15. The summed E-state index contributed by atoms with van der Waals surface area (Å²) in [5.41, 5.74) is 0. The first-order chi connectivity index (χ1) is 7.66. The fourth-order valence-corrected chi connectivity index (χ4v) is 3.46. The zero-order chi connectivity index (χ0) is 11.4. The molecule has 5 heteroatoms. The minimum absolute atomic E-state index is 0.103. The van der Waals surface area contributed by atoms with Gasteiger partial charge in [-0.3, -0.25) is 0 Å². The van der Waals surface area contributed by atoms with Crippen molar-refractivity contribution >= 4 is 15.9 Å². The van der Waals surface area contributed by atoms with Crippen molar-refractivity contribution in [2.75, 3.05) is 18.1 Å². The van der Waals surface area contributed by atoms with E-state index >= 15 is 0 Å². The molecule has 0 spiro atoms. The van der Waals surface area contributed by atoms with Gasteiger partial charge in [0.05, 0.1) is 17.8 Å². The molecule has 1 atom stereocenters. The molecule has 0 saturated carbocycles. The molecule has 88 valence electrons. The third-order valence-electron chi connectivity index (χ3n) is 2.58. The molecular formula is C11H15NO3S. The van der Waals surface area contributed by atoms with Crippen molar-refractivity contribution in [3.05, 3.63) is 30.2 Å². The summed E-state index contributed by atoms with van der Waals surface area (Å²) in [6.45, 7) is 0.668. The molecule has 1 unspecified atom stereocenters. The average Bonchev–Trinajstić information content (AvgIpc) is 2.82. The number of rotatable bonds is 4. The van der Waals surface area contributed by atoms with Crippen molar-refractivity contribution in [2.24, 2.45) is 0 Å². The molecule has 4 nitrogen and oxygen atoms in total. The van der Waals surface area contributed by atoms with Crippen LogP contribution < -0.4 is 5.32 Å². The highest BCUT2D eigenvalue weighted by atomic mass is 32.2. The van der Waals surface area contributed by atoms with Crippen molar-refractivity contribution in [3.63, 3.8) is 0 Å². The Kier molecular flexibility index (Phi) is 3.46. The van der Waals surface area contributed by atoms with Gasteiger partial charge in [0.25, 0.3) is 0 Å². The predicted octanol–water partition coefficient (Wildman–Crippen LogP) is 1.07. The highest BCUT2D eigenvalue weighted by Crippen LogP contribution is 2.10. The van der Waals surface area contributed by atoms with E-state index in [9.17, 15) is 8.42 Å². The van der Waals surface area contributed by atoms with Crippen molar-refractivity contribution in [2.45, 2.75) is 12.5 Å². The van der Waals surface area contributed by atoms with E-state index in [1.54, 1.807) is 6.26 Å². The second-order valence-corrected chi connectivity index (χ2v) is 6.15. The van der Waals surface area contributed by atoms with Crippen LogP contribution in [0.5, 0.6) is 0 Å². The fourth-order valence-electron chi connectivity index (χ4n) is 1.75. The van der Waals surface area contributed by atoms with Gasteiger partial charge in [0.1, 0.15) is 5.76 Å². The Morgan fingerprint density at radius 2 is 2.44 bits per heavy atom. The quantitative estimate of drug-likeness (QED) is 0.856. The summed E-state index contributed by atoms with van der Waals surface area (Å²) in [6, 6.07) is 3.80. The zero-order valence-electron chi connectivity index (χ0n) is 8.93. The number of sulfone groups is 1. The van der Waals surface area contributed by atoms with Gasteiger partial charge in [0.15, 0.2) is 9.84 Å². The Hall–Kier alpha value is -1.07. The molecule has 1 N–H and O–H groups in total. The first-order valence-corrected chi connectivity index (χ1v) is 7.12. The third kappa shape index (κ3) is 3.21. The largest absolute Gasteiger partial charge is 0.465 e. The van der Waals surface area contributed by atoms with Gasteiger partial charge < -0.3 is 9.73 Å². The average molecular weight is 241 g/mol. The molecule has 2 rings (SSSR count). The lowest BCUT2D eigenvalue weighted by Gasteiger charge is -2.06. The molecular weight excluding hydrogens is 226 g/mol. The van der Waals surface area contributed by atoms with Crippen LogP contribution in [0.2, 0.25) is 0 Å². The minimum Gasteiger partial charge on any atom is -0.465 e. The van der Waals surface area contributed by atoms with Gasteiger partial charge in [-0.15, -0.1) is 0 Å². The Morgan fingerprint density at radius 1 is 1.56 bits per heavy atom. The lowest BCUT2D eigenvalue weighted by Crippen LogP contribution is -2.29. The van der Waals surface area contributed by atoms with Gasteiger partial charge in [0.2, 0.25) is 0 Å². The summed E-state index contributed by atoms with van der Waals surface area (Å²) >= 11 is 0. The maximum absolute atomic E-state index is 11.2. The lowest BCUT2D eigenvalue weighted by molar-refractivity contribution is 0.556. The van der Waals surface area contributed by atoms with Crippen LogP contribution >= 0.6 is 0 Å². The lowest BCUT2D eigenvalue weighted by atomic mass is 10.2. The van der Waals surface area contributed by atoms with E-state index in [1.807, 2.05) is 24.3 Å². The third-order valence-corrected chi connectivity index (χ3v) is 4.35. The van der Waals surface area contributed by atoms with Crippen LogP contribution in [-0.2, 0) is 9.84 Å². The first kappa shape index (κ1) is 11.4. The number of hydrogen-bond donors (Lipinski definition) is 1. The fraction of sp³-hybridized carbons (Fsp3) is 0.455. The predicted molar refractivity (Wildman–Crippen MR) is 62.8 cm³/mol. The standard InChI is InChI=1S/C11H15NO3S/c13-16(14)8-5-10(9-16)12-6-1-3-11-4-2-7-15-11/h1-4,7,10,12H,5-6,8-9H2/b3-1+. The summed E-state index contributed by atoms with van der Waals surface area (Å²) in [5, 5.41) is 3.19. The highest BCUT2D eigenvalue weighted by molar-refractivity contribution is 7.91. The van der Waals surface area contributed by atoms with Gasteiger partial charge in [-0.1, -0.05) is 6.08 Å². The molecule has 0 radical (unpaired) electrons. The molecule has 0 aromatic carbocycles. The van der Waals surface area contributed by atoms with E-state index in [2.05, 4.69) is 5.32 Å². The molecule has 0 bridgehead atoms. The Balaban J connectivity index is 1.73. The van der Waals surface area contributed by atoms with Gasteiger partial charge in [-0.25, -0.2) is 8.42 Å². The topological polar surface area (TPSA) is 59.3 Å². The molecule has 1 aromatic rings. The van der Waals surface area contributed by atoms with E-state index in [0.717, 1.165) is 12.2 Å². The molecule has 1 aromatic heterocycles. The summed E-state index contributed by atoms with van der Waals surface area (Å²) < 4.78 is 27.5. The van der Waals surface area contributed by atoms with Crippen molar-refractivity contribution in [1.29, 1.82) is 0 Å². The first-order valence-electron chi connectivity index (χ1n) is 5.29.